The van der Waals surface area contributed by atoms with Crippen molar-refractivity contribution in [1.29, 1.82) is 0 Å². The molecular formula is C17H25N3O4S. The van der Waals surface area contributed by atoms with Gasteiger partial charge in [-0.05, 0) is 31.4 Å². The summed E-state index contributed by atoms with van der Waals surface area (Å²) >= 11 is 0. The van der Waals surface area contributed by atoms with Crippen LogP contribution in [0, 0.1) is 5.92 Å². The molecular weight excluding hydrogens is 342 g/mol. The van der Waals surface area contributed by atoms with Gasteiger partial charge in [-0.3, -0.25) is 9.59 Å². The van der Waals surface area contributed by atoms with E-state index in [0.29, 0.717) is 37.2 Å². The van der Waals surface area contributed by atoms with Crippen LogP contribution in [0.5, 0.6) is 0 Å². The van der Waals surface area contributed by atoms with Crippen molar-refractivity contribution in [3.05, 3.63) is 29.8 Å². The van der Waals surface area contributed by atoms with E-state index in [4.69, 9.17) is 0 Å². The summed E-state index contributed by atoms with van der Waals surface area (Å²) in [4.78, 5) is 24.8. The monoisotopic (exact) mass is 367 g/mol. The van der Waals surface area contributed by atoms with Crippen molar-refractivity contribution in [2.24, 2.45) is 5.92 Å². The molecule has 0 radical (unpaired) electrons. The van der Waals surface area contributed by atoms with Crippen LogP contribution in [0.4, 0.5) is 5.69 Å². The summed E-state index contributed by atoms with van der Waals surface area (Å²) in [5, 5.41) is 5.58. The lowest BCUT2D eigenvalue weighted by Crippen LogP contribution is -2.43. The van der Waals surface area contributed by atoms with E-state index in [2.05, 4.69) is 10.6 Å². The minimum absolute atomic E-state index is 0.175. The summed E-state index contributed by atoms with van der Waals surface area (Å²) < 4.78 is 24.7. The molecule has 1 aromatic rings. The molecule has 138 valence electrons. The highest BCUT2D eigenvalue weighted by molar-refractivity contribution is 7.88. The Balaban J connectivity index is 2.09. The third-order valence-electron chi connectivity index (χ3n) is 4.19. The van der Waals surface area contributed by atoms with E-state index in [1.54, 1.807) is 24.3 Å². The van der Waals surface area contributed by atoms with E-state index in [0.717, 1.165) is 12.7 Å². The van der Waals surface area contributed by atoms with Gasteiger partial charge in [0.15, 0.2) is 0 Å². The number of piperidine rings is 1. The molecule has 2 amide bonds. The third kappa shape index (κ3) is 5.27. The molecule has 0 aromatic heterocycles. The Kier molecular flexibility index (Phi) is 6.55. The van der Waals surface area contributed by atoms with Crippen LogP contribution in [0.15, 0.2) is 24.3 Å². The fourth-order valence-corrected chi connectivity index (χ4v) is 3.73. The average Bonchev–Trinajstić information content (AvgIpc) is 2.59. The van der Waals surface area contributed by atoms with Crippen LogP contribution in [0.25, 0.3) is 0 Å². The zero-order chi connectivity index (χ0) is 18.4. The molecule has 2 N–H and O–H groups in total. The molecule has 1 fully saturated rings. The summed E-state index contributed by atoms with van der Waals surface area (Å²) in [6, 6.07) is 6.82. The van der Waals surface area contributed by atoms with E-state index >= 15 is 0 Å². The number of hydrogen-bond donors (Lipinski definition) is 2. The van der Waals surface area contributed by atoms with Crippen molar-refractivity contribution in [3.8, 4) is 0 Å². The molecule has 8 heteroatoms. The Bertz CT molecular complexity index is 733. The maximum absolute atomic E-state index is 12.6. The Morgan fingerprint density at radius 1 is 1.28 bits per heavy atom. The fraction of sp³-hybridized carbons (Fsp3) is 0.529. The van der Waals surface area contributed by atoms with Crippen LogP contribution in [0.3, 0.4) is 0 Å². The lowest BCUT2D eigenvalue weighted by Gasteiger charge is -2.30. The highest BCUT2D eigenvalue weighted by Crippen LogP contribution is 2.22. The first-order chi connectivity index (χ1) is 11.8. The Morgan fingerprint density at radius 2 is 2.00 bits per heavy atom. The highest BCUT2D eigenvalue weighted by atomic mass is 32.2. The molecule has 1 atom stereocenters. The van der Waals surface area contributed by atoms with Gasteiger partial charge in [0, 0.05) is 19.6 Å². The van der Waals surface area contributed by atoms with Gasteiger partial charge in [0.05, 0.1) is 23.4 Å². The number of para-hydroxylation sites is 1. The highest BCUT2D eigenvalue weighted by Gasteiger charge is 2.30. The Hall–Kier alpha value is -1.93. The maximum Gasteiger partial charge on any atom is 0.253 e. The number of amides is 2. The number of hydrogen-bond acceptors (Lipinski definition) is 4. The van der Waals surface area contributed by atoms with Gasteiger partial charge in [-0.25, -0.2) is 12.7 Å². The number of benzene rings is 1. The van der Waals surface area contributed by atoms with Gasteiger partial charge in [-0.1, -0.05) is 19.1 Å². The predicted octanol–water partition coefficient (Wildman–Crippen LogP) is 1.44. The van der Waals surface area contributed by atoms with E-state index in [-0.39, 0.29) is 18.4 Å². The first kappa shape index (κ1) is 19.4. The van der Waals surface area contributed by atoms with Crippen molar-refractivity contribution in [3.63, 3.8) is 0 Å². The largest absolute Gasteiger partial charge is 0.352 e. The molecule has 1 aromatic carbocycles. The van der Waals surface area contributed by atoms with Gasteiger partial charge >= 0.3 is 0 Å². The molecule has 2 rings (SSSR count). The zero-order valence-electron chi connectivity index (χ0n) is 14.6. The number of anilines is 1. The second-order valence-corrected chi connectivity index (χ2v) is 8.23. The number of rotatable bonds is 6. The van der Waals surface area contributed by atoms with Crippen molar-refractivity contribution in [1.82, 2.24) is 9.62 Å². The molecule has 25 heavy (non-hydrogen) atoms. The number of sulfonamides is 1. The van der Waals surface area contributed by atoms with E-state index in [1.807, 2.05) is 6.92 Å². The molecule has 1 aliphatic heterocycles. The van der Waals surface area contributed by atoms with Gasteiger partial charge in [-0.2, -0.15) is 0 Å². The van der Waals surface area contributed by atoms with Crippen LogP contribution in [0.2, 0.25) is 0 Å². The molecule has 1 saturated heterocycles. The average molecular weight is 367 g/mol. The van der Waals surface area contributed by atoms with E-state index in [1.165, 1.54) is 4.31 Å². The van der Waals surface area contributed by atoms with Crippen molar-refractivity contribution in [2.75, 3.05) is 31.2 Å². The fourth-order valence-electron chi connectivity index (χ4n) is 2.82. The number of carbonyl (C=O) groups excluding carboxylic acids is 2. The summed E-state index contributed by atoms with van der Waals surface area (Å²) in [5.41, 5.74) is 0.845. The summed E-state index contributed by atoms with van der Waals surface area (Å²) in [7, 11) is -3.31. The van der Waals surface area contributed by atoms with Gasteiger partial charge in [-0.15, -0.1) is 0 Å². The summed E-state index contributed by atoms with van der Waals surface area (Å²) in [6.45, 7) is 3.14. The zero-order valence-corrected chi connectivity index (χ0v) is 15.4. The smallest absolute Gasteiger partial charge is 0.253 e. The van der Waals surface area contributed by atoms with Gasteiger partial charge < -0.3 is 10.6 Å². The normalized spacial score (nSPS) is 18.6. The van der Waals surface area contributed by atoms with E-state index in [9.17, 15) is 18.0 Å². The van der Waals surface area contributed by atoms with Gasteiger partial charge in [0.2, 0.25) is 15.9 Å². The lowest BCUT2D eigenvalue weighted by atomic mass is 9.98. The number of carbonyl (C=O) groups is 2. The number of nitrogens with one attached hydrogen (secondary N) is 2. The molecule has 0 aliphatic carbocycles. The molecule has 1 aliphatic rings. The molecule has 0 bridgehead atoms. The SMILES string of the molecule is CCCNC(=O)c1ccccc1NC(=O)[C@H]1CCCN(S(C)(=O)=O)C1. The second-order valence-electron chi connectivity index (χ2n) is 6.25. The third-order valence-corrected chi connectivity index (χ3v) is 5.46. The second kappa shape index (κ2) is 8.44. The van der Waals surface area contributed by atoms with Crippen LogP contribution < -0.4 is 10.6 Å². The molecule has 0 saturated carbocycles. The van der Waals surface area contributed by atoms with Crippen LogP contribution >= 0.6 is 0 Å². The van der Waals surface area contributed by atoms with Gasteiger partial charge in [0.25, 0.3) is 5.91 Å². The molecule has 0 unspecified atom stereocenters. The lowest BCUT2D eigenvalue weighted by molar-refractivity contribution is -0.120. The minimum atomic E-state index is -3.31. The first-order valence-electron chi connectivity index (χ1n) is 8.46. The van der Waals surface area contributed by atoms with E-state index < -0.39 is 15.9 Å². The van der Waals surface area contributed by atoms with Crippen LogP contribution in [0.1, 0.15) is 36.5 Å². The van der Waals surface area contributed by atoms with Gasteiger partial charge in [0.1, 0.15) is 0 Å². The maximum atomic E-state index is 12.6. The standard InChI is InChI=1S/C17H25N3O4S/c1-3-10-18-17(22)14-8-4-5-9-15(14)19-16(21)13-7-6-11-20(12-13)25(2,23)24/h4-5,8-9,13H,3,6-7,10-12H2,1-2H3,(H,18,22)(H,19,21)/t13-/m0/s1. The summed E-state index contributed by atoms with van der Waals surface area (Å²) in [6.07, 6.45) is 3.25. The first-order valence-corrected chi connectivity index (χ1v) is 10.3. The van der Waals surface area contributed by atoms with Crippen molar-refractivity contribution in [2.45, 2.75) is 26.2 Å². The molecule has 7 nitrogen and oxygen atoms in total. The van der Waals surface area contributed by atoms with Crippen molar-refractivity contribution >= 4 is 27.5 Å². The number of nitrogens with zero attached hydrogens (tertiary/aromatic N) is 1. The quantitative estimate of drug-likeness (QED) is 0.795. The summed E-state index contributed by atoms with van der Waals surface area (Å²) in [5.74, 6) is -0.918. The van der Waals surface area contributed by atoms with Crippen LogP contribution in [-0.2, 0) is 14.8 Å². The van der Waals surface area contributed by atoms with Crippen molar-refractivity contribution < 1.29 is 18.0 Å². The van der Waals surface area contributed by atoms with Crippen LogP contribution in [-0.4, -0.2) is 50.4 Å². The predicted molar refractivity (Wildman–Crippen MR) is 96.8 cm³/mol. The topological polar surface area (TPSA) is 95.6 Å². The Labute approximate surface area is 148 Å². The molecule has 1 heterocycles. The minimum Gasteiger partial charge on any atom is -0.352 e. The Morgan fingerprint density at radius 3 is 2.68 bits per heavy atom. The molecule has 0 spiro atoms.